The number of rotatable bonds is 4. The lowest BCUT2D eigenvalue weighted by Crippen LogP contribution is -2.21. The molecule has 4 nitrogen and oxygen atoms in total. The van der Waals surface area contributed by atoms with Crippen molar-refractivity contribution in [3.05, 3.63) is 60.5 Å². The Hall–Kier alpha value is -2.33. The third-order valence-corrected chi connectivity index (χ3v) is 3.13. The number of hydrogen-bond acceptors (Lipinski definition) is 4. The van der Waals surface area contributed by atoms with Crippen LogP contribution in [0.2, 0.25) is 0 Å². The molecule has 0 saturated carbocycles. The molecule has 0 spiro atoms. The summed E-state index contributed by atoms with van der Waals surface area (Å²) < 4.78 is 5.37. The van der Waals surface area contributed by atoms with E-state index in [2.05, 4.69) is 22.4 Å². The second kappa shape index (κ2) is 5.12. The Labute approximate surface area is 111 Å². The number of benzene rings is 1. The van der Waals surface area contributed by atoms with E-state index in [0.717, 1.165) is 22.4 Å². The third kappa shape index (κ3) is 2.30. The zero-order valence-corrected chi connectivity index (χ0v) is 10.4. The van der Waals surface area contributed by atoms with Crippen LogP contribution in [0.4, 0.5) is 5.82 Å². The van der Waals surface area contributed by atoms with E-state index in [9.17, 15) is 0 Å². The topological polar surface area (TPSA) is 64.1 Å². The number of fused-ring (bicyclic) bond motifs is 1. The lowest BCUT2D eigenvalue weighted by atomic mass is 10.1. The zero-order valence-electron chi connectivity index (χ0n) is 10.4. The second-order valence-electron chi connectivity index (χ2n) is 4.34. The van der Waals surface area contributed by atoms with E-state index in [1.54, 1.807) is 12.5 Å². The van der Waals surface area contributed by atoms with Gasteiger partial charge >= 0.3 is 0 Å². The summed E-state index contributed by atoms with van der Waals surface area (Å²) in [6.45, 7) is 0.500. The van der Waals surface area contributed by atoms with Crippen molar-refractivity contribution in [2.45, 2.75) is 6.04 Å². The molecule has 0 aliphatic heterocycles. The van der Waals surface area contributed by atoms with Gasteiger partial charge in [-0.15, -0.1) is 0 Å². The lowest BCUT2D eigenvalue weighted by Gasteiger charge is -2.18. The van der Waals surface area contributed by atoms with Crippen molar-refractivity contribution in [3.8, 4) is 0 Å². The molecule has 0 fully saturated rings. The molecule has 0 saturated heterocycles. The van der Waals surface area contributed by atoms with Crippen molar-refractivity contribution >= 4 is 16.8 Å². The number of hydrogen-bond donors (Lipinski definition) is 2. The van der Waals surface area contributed by atoms with Gasteiger partial charge in [-0.3, -0.25) is 0 Å². The standard InChI is InChI=1S/C15H15N3O/c16-10-13(11-4-2-1-3-5-11)18-15-12-7-9-19-14(12)6-8-17-15/h1-9,13H,10,16H2,(H,17,18). The van der Waals surface area contributed by atoms with Crippen LogP contribution >= 0.6 is 0 Å². The molecule has 3 rings (SSSR count). The number of furan rings is 1. The van der Waals surface area contributed by atoms with E-state index in [4.69, 9.17) is 10.2 Å². The summed E-state index contributed by atoms with van der Waals surface area (Å²) in [7, 11) is 0. The Bertz CT molecular complexity index is 663. The predicted molar refractivity (Wildman–Crippen MR) is 75.9 cm³/mol. The minimum atomic E-state index is 0.0363. The van der Waals surface area contributed by atoms with Crippen molar-refractivity contribution in [2.75, 3.05) is 11.9 Å². The molecule has 0 aliphatic carbocycles. The van der Waals surface area contributed by atoms with Gasteiger partial charge in [-0.25, -0.2) is 4.98 Å². The maximum Gasteiger partial charge on any atom is 0.139 e. The van der Waals surface area contributed by atoms with Gasteiger partial charge in [0, 0.05) is 12.7 Å². The van der Waals surface area contributed by atoms with E-state index in [1.807, 2.05) is 30.3 Å². The molecular formula is C15H15N3O. The van der Waals surface area contributed by atoms with E-state index in [-0.39, 0.29) is 6.04 Å². The lowest BCUT2D eigenvalue weighted by molar-refractivity contribution is 0.615. The van der Waals surface area contributed by atoms with Crippen LogP contribution in [0.3, 0.4) is 0 Å². The van der Waals surface area contributed by atoms with Gasteiger partial charge in [0.15, 0.2) is 0 Å². The maximum atomic E-state index is 5.86. The van der Waals surface area contributed by atoms with Crippen molar-refractivity contribution in [1.29, 1.82) is 0 Å². The highest BCUT2D eigenvalue weighted by atomic mass is 16.3. The molecule has 3 aromatic rings. The summed E-state index contributed by atoms with van der Waals surface area (Å²) in [6.07, 6.45) is 3.39. The normalized spacial score (nSPS) is 12.5. The fourth-order valence-corrected chi connectivity index (χ4v) is 2.14. The van der Waals surface area contributed by atoms with Gasteiger partial charge in [-0.2, -0.15) is 0 Å². The third-order valence-electron chi connectivity index (χ3n) is 3.13. The first-order valence-corrected chi connectivity index (χ1v) is 6.22. The minimum Gasteiger partial charge on any atom is -0.464 e. The molecule has 0 aliphatic rings. The van der Waals surface area contributed by atoms with E-state index in [1.165, 1.54) is 0 Å². The summed E-state index contributed by atoms with van der Waals surface area (Å²) in [4.78, 5) is 4.37. The Morgan fingerprint density at radius 3 is 2.79 bits per heavy atom. The minimum absolute atomic E-state index is 0.0363. The number of nitrogens with two attached hydrogens (primary N) is 1. The smallest absolute Gasteiger partial charge is 0.139 e. The van der Waals surface area contributed by atoms with Crippen LogP contribution in [0.5, 0.6) is 0 Å². The van der Waals surface area contributed by atoms with Crippen LogP contribution in [-0.4, -0.2) is 11.5 Å². The summed E-state index contributed by atoms with van der Waals surface area (Å²) >= 11 is 0. The fourth-order valence-electron chi connectivity index (χ4n) is 2.14. The average molecular weight is 253 g/mol. The molecule has 4 heteroatoms. The van der Waals surface area contributed by atoms with Crippen LogP contribution in [0.15, 0.2) is 59.3 Å². The first-order valence-electron chi connectivity index (χ1n) is 6.22. The number of aromatic nitrogens is 1. The Morgan fingerprint density at radius 1 is 1.16 bits per heavy atom. The van der Waals surface area contributed by atoms with Gasteiger partial charge in [-0.05, 0) is 17.7 Å². The number of anilines is 1. The number of nitrogens with one attached hydrogen (secondary N) is 1. The maximum absolute atomic E-state index is 5.86. The largest absolute Gasteiger partial charge is 0.464 e. The first kappa shape index (κ1) is 11.7. The quantitative estimate of drug-likeness (QED) is 0.750. The SMILES string of the molecule is NCC(Nc1nccc2occc12)c1ccccc1. The molecule has 1 atom stereocenters. The van der Waals surface area contributed by atoms with Crippen LogP contribution in [0.1, 0.15) is 11.6 Å². The van der Waals surface area contributed by atoms with Crippen molar-refractivity contribution in [3.63, 3.8) is 0 Å². The van der Waals surface area contributed by atoms with Gasteiger partial charge in [0.05, 0.1) is 17.7 Å². The second-order valence-corrected chi connectivity index (χ2v) is 4.34. The van der Waals surface area contributed by atoms with Crippen molar-refractivity contribution in [1.82, 2.24) is 4.98 Å². The van der Waals surface area contributed by atoms with Crippen molar-refractivity contribution in [2.24, 2.45) is 5.73 Å². The average Bonchev–Trinajstić information content (AvgIpc) is 2.95. The van der Waals surface area contributed by atoms with Gasteiger partial charge in [0.2, 0.25) is 0 Å². The van der Waals surface area contributed by atoms with Gasteiger partial charge in [-0.1, -0.05) is 30.3 Å². The Morgan fingerprint density at radius 2 is 2.00 bits per heavy atom. The highest BCUT2D eigenvalue weighted by molar-refractivity contribution is 5.88. The van der Waals surface area contributed by atoms with Crippen LogP contribution in [-0.2, 0) is 0 Å². The van der Waals surface area contributed by atoms with Gasteiger partial charge in [0.1, 0.15) is 11.4 Å². The molecule has 2 heterocycles. The molecule has 1 aromatic carbocycles. The summed E-state index contributed by atoms with van der Waals surface area (Å²) in [5.74, 6) is 0.797. The molecule has 19 heavy (non-hydrogen) atoms. The molecule has 3 N–H and O–H groups in total. The van der Waals surface area contributed by atoms with E-state index < -0.39 is 0 Å². The summed E-state index contributed by atoms with van der Waals surface area (Å²) in [6, 6.07) is 13.9. The van der Waals surface area contributed by atoms with Crippen molar-refractivity contribution < 1.29 is 4.42 Å². The Kier molecular flexibility index (Phi) is 3.16. The Balaban J connectivity index is 1.93. The highest BCUT2D eigenvalue weighted by Gasteiger charge is 2.12. The number of nitrogens with zero attached hydrogens (tertiary/aromatic N) is 1. The first-order chi connectivity index (χ1) is 9.38. The van der Waals surface area contributed by atoms with E-state index >= 15 is 0 Å². The van der Waals surface area contributed by atoms with Crippen LogP contribution in [0.25, 0.3) is 11.0 Å². The number of pyridine rings is 1. The molecule has 96 valence electrons. The molecule has 0 radical (unpaired) electrons. The molecule has 0 bridgehead atoms. The monoisotopic (exact) mass is 253 g/mol. The van der Waals surface area contributed by atoms with Gasteiger partial charge < -0.3 is 15.5 Å². The molecular weight excluding hydrogens is 238 g/mol. The molecule has 0 amide bonds. The van der Waals surface area contributed by atoms with Crippen LogP contribution in [0, 0.1) is 0 Å². The van der Waals surface area contributed by atoms with E-state index in [0.29, 0.717) is 6.54 Å². The predicted octanol–water partition coefficient (Wildman–Crippen LogP) is 2.94. The summed E-state index contributed by atoms with van der Waals surface area (Å²) in [5.41, 5.74) is 7.82. The molecule has 2 aromatic heterocycles. The fraction of sp³-hybridized carbons (Fsp3) is 0.133. The zero-order chi connectivity index (χ0) is 13.1. The van der Waals surface area contributed by atoms with Gasteiger partial charge in [0.25, 0.3) is 0 Å². The molecule has 1 unspecified atom stereocenters. The highest BCUT2D eigenvalue weighted by Crippen LogP contribution is 2.25. The summed E-state index contributed by atoms with van der Waals surface area (Å²) in [5, 5.41) is 4.35. The van der Waals surface area contributed by atoms with Crippen LogP contribution < -0.4 is 11.1 Å².